The van der Waals surface area contributed by atoms with E-state index in [2.05, 4.69) is 4.98 Å². The number of carbonyl (C=O) groups excluding carboxylic acids is 1. The highest BCUT2D eigenvalue weighted by Gasteiger charge is 2.27. The third-order valence-corrected chi connectivity index (χ3v) is 3.26. The fourth-order valence-corrected chi connectivity index (χ4v) is 2.10. The van der Waals surface area contributed by atoms with Gasteiger partial charge in [0.15, 0.2) is 0 Å². The van der Waals surface area contributed by atoms with Crippen molar-refractivity contribution in [3.8, 4) is 0 Å². The molecule has 0 radical (unpaired) electrons. The van der Waals surface area contributed by atoms with E-state index in [-0.39, 0.29) is 0 Å². The Balaban J connectivity index is 2.08. The van der Waals surface area contributed by atoms with Crippen molar-refractivity contribution in [3.63, 3.8) is 0 Å². The van der Waals surface area contributed by atoms with E-state index in [4.69, 9.17) is 16.3 Å². The number of cyclic esters (lactones) is 1. The zero-order valence-corrected chi connectivity index (χ0v) is 11.5. The molecule has 0 saturated carbocycles. The maximum Gasteiger partial charge on any atom is 0.420 e. The second-order valence-electron chi connectivity index (χ2n) is 4.36. The lowest BCUT2D eigenvalue weighted by Crippen LogP contribution is -2.32. The summed E-state index contributed by atoms with van der Waals surface area (Å²) in [4.78, 5) is 17.4. The Hall–Kier alpha value is -2.33. The Kier molecular flexibility index (Phi) is 3.16. The summed E-state index contributed by atoms with van der Waals surface area (Å²) in [5.41, 5.74) is 1.68. The number of rotatable bonds is 1. The molecule has 100 valence electrons. The fraction of sp³-hybridized carbons (Fsp3) is 0.0667. The average molecular weight is 287 g/mol. The number of fused-ring (bicyclic) bond motifs is 1. The van der Waals surface area contributed by atoms with Crippen LogP contribution in [-0.4, -0.2) is 18.1 Å². The monoisotopic (exact) mass is 286 g/mol. The zero-order valence-electron chi connectivity index (χ0n) is 10.7. The van der Waals surface area contributed by atoms with E-state index in [0.29, 0.717) is 16.6 Å². The second kappa shape index (κ2) is 4.98. The van der Waals surface area contributed by atoms with Crippen molar-refractivity contribution < 1.29 is 9.53 Å². The molecule has 0 spiro atoms. The van der Waals surface area contributed by atoms with Gasteiger partial charge in [0.05, 0.1) is 5.56 Å². The summed E-state index contributed by atoms with van der Waals surface area (Å²) < 4.78 is 5.33. The molecule has 3 rings (SSSR count). The van der Waals surface area contributed by atoms with Crippen LogP contribution in [-0.2, 0) is 4.74 Å². The third kappa shape index (κ3) is 2.26. The number of aromatic nitrogens is 1. The molecule has 1 aliphatic heterocycles. The molecule has 1 amide bonds. The van der Waals surface area contributed by atoms with Gasteiger partial charge in [-0.3, -0.25) is 4.90 Å². The molecule has 0 fully saturated rings. The molecule has 5 heteroatoms. The minimum absolute atomic E-state index is 0.448. The molecule has 0 saturated heterocycles. The summed E-state index contributed by atoms with van der Waals surface area (Å²) in [6.45, 7) is 0. The summed E-state index contributed by atoms with van der Waals surface area (Å²) in [6.07, 6.45) is 2.99. The summed E-state index contributed by atoms with van der Waals surface area (Å²) in [6, 6.07) is 11.0. The van der Waals surface area contributed by atoms with Crippen molar-refractivity contribution in [3.05, 3.63) is 58.7 Å². The number of hydrogen-bond donors (Lipinski definition) is 0. The summed E-state index contributed by atoms with van der Waals surface area (Å²) in [5, 5.41) is 0.662. The van der Waals surface area contributed by atoms with Crippen molar-refractivity contribution >= 4 is 35.3 Å². The van der Waals surface area contributed by atoms with E-state index >= 15 is 0 Å². The molecule has 2 aromatic rings. The number of carbonyl (C=O) groups is 1. The van der Waals surface area contributed by atoms with E-state index < -0.39 is 6.09 Å². The lowest BCUT2D eigenvalue weighted by atomic mass is 10.1. The van der Waals surface area contributed by atoms with Gasteiger partial charge in [0.1, 0.15) is 11.6 Å². The number of halogens is 1. The molecular weight excluding hydrogens is 276 g/mol. The maximum absolute atomic E-state index is 11.8. The van der Waals surface area contributed by atoms with Crippen molar-refractivity contribution in [2.45, 2.75) is 0 Å². The van der Waals surface area contributed by atoms with E-state index in [9.17, 15) is 4.79 Å². The van der Waals surface area contributed by atoms with Crippen LogP contribution in [0.25, 0.3) is 11.8 Å². The topological polar surface area (TPSA) is 42.4 Å². The number of ether oxygens (including phenoxy) is 1. The normalized spacial score (nSPS) is 16.0. The van der Waals surface area contributed by atoms with Gasteiger partial charge in [-0.25, -0.2) is 9.78 Å². The first-order valence-electron chi connectivity index (χ1n) is 6.03. The van der Waals surface area contributed by atoms with Crippen molar-refractivity contribution in [2.24, 2.45) is 0 Å². The van der Waals surface area contributed by atoms with E-state index in [1.54, 1.807) is 31.5 Å². The van der Waals surface area contributed by atoms with Gasteiger partial charge in [0.25, 0.3) is 0 Å². The van der Waals surface area contributed by atoms with Gasteiger partial charge in [-0.2, -0.15) is 0 Å². The van der Waals surface area contributed by atoms with Crippen LogP contribution in [0.4, 0.5) is 10.6 Å². The van der Waals surface area contributed by atoms with Gasteiger partial charge in [-0.15, -0.1) is 0 Å². The number of hydrogen-bond acceptors (Lipinski definition) is 3. The largest absolute Gasteiger partial charge is 0.420 e. The molecule has 0 bridgehead atoms. The minimum atomic E-state index is -0.448. The Bertz CT molecular complexity index is 695. The molecular formula is C15H11ClN2O2. The van der Waals surface area contributed by atoms with Crippen LogP contribution in [0.15, 0.2) is 42.6 Å². The van der Waals surface area contributed by atoms with Crippen molar-refractivity contribution in [1.82, 2.24) is 4.98 Å². The van der Waals surface area contributed by atoms with Crippen LogP contribution in [0.5, 0.6) is 0 Å². The SMILES string of the molecule is CN1C(=O)O/C(=C\c2ccc(Cl)cc2)c2cccnc21. The molecule has 0 unspecified atom stereocenters. The molecule has 2 heterocycles. The van der Waals surface area contributed by atoms with Crippen LogP contribution in [0.2, 0.25) is 5.02 Å². The maximum atomic E-state index is 11.8. The van der Waals surface area contributed by atoms with Gasteiger partial charge in [0.2, 0.25) is 0 Å². The molecule has 1 aliphatic rings. The Morgan fingerprint density at radius 3 is 2.75 bits per heavy atom. The quantitative estimate of drug-likeness (QED) is 0.800. The Morgan fingerprint density at radius 1 is 1.25 bits per heavy atom. The molecule has 1 aromatic carbocycles. The van der Waals surface area contributed by atoms with Crippen molar-refractivity contribution in [2.75, 3.05) is 11.9 Å². The smallest absolute Gasteiger partial charge is 0.409 e. The predicted octanol–water partition coefficient (Wildman–Crippen LogP) is 3.82. The number of anilines is 1. The Labute approximate surface area is 121 Å². The standard InChI is InChI=1S/C15H11ClN2O2/c1-18-14-12(3-2-8-17-14)13(20-15(18)19)9-10-4-6-11(16)7-5-10/h2-9H,1H3/b13-9-. The summed E-state index contributed by atoms with van der Waals surface area (Å²) in [5.74, 6) is 1.07. The lowest BCUT2D eigenvalue weighted by Gasteiger charge is -2.25. The number of benzene rings is 1. The van der Waals surface area contributed by atoms with Crippen LogP contribution < -0.4 is 4.90 Å². The van der Waals surface area contributed by atoms with E-state index in [1.165, 1.54) is 4.90 Å². The molecule has 0 N–H and O–H groups in total. The summed E-state index contributed by atoms with van der Waals surface area (Å²) in [7, 11) is 1.63. The molecule has 0 aliphatic carbocycles. The molecule has 20 heavy (non-hydrogen) atoms. The zero-order chi connectivity index (χ0) is 14.1. The van der Waals surface area contributed by atoms with Gasteiger partial charge in [-0.1, -0.05) is 23.7 Å². The first-order valence-corrected chi connectivity index (χ1v) is 6.41. The highest BCUT2D eigenvalue weighted by molar-refractivity contribution is 6.30. The van der Waals surface area contributed by atoms with Crippen molar-refractivity contribution in [1.29, 1.82) is 0 Å². The number of pyridine rings is 1. The first kappa shape index (κ1) is 12.7. The van der Waals surface area contributed by atoms with Crippen LogP contribution in [0, 0.1) is 0 Å². The van der Waals surface area contributed by atoms with Crippen LogP contribution in [0.3, 0.4) is 0 Å². The van der Waals surface area contributed by atoms with Gasteiger partial charge in [0, 0.05) is 18.3 Å². The first-order chi connectivity index (χ1) is 9.65. The van der Waals surface area contributed by atoms with Gasteiger partial charge < -0.3 is 4.74 Å². The van der Waals surface area contributed by atoms with Gasteiger partial charge in [-0.05, 0) is 35.9 Å². The number of amides is 1. The van der Waals surface area contributed by atoms with Gasteiger partial charge >= 0.3 is 6.09 Å². The van der Waals surface area contributed by atoms with Crippen LogP contribution >= 0.6 is 11.6 Å². The predicted molar refractivity (Wildman–Crippen MR) is 78.4 cm³/mol. The average Bonchev–Trinajstić information content (AvgIpc) is 2.47. The minimum Gasteiger partial charge on any atom is -0.409 e. The lowest BCUT2D eigenvalue weighted by molar-refractivity contribution is 0.199. The number of nitrogens with zero attached hydrogens (tertiary/aromatic N) is 2. The molecule has 4 nitrogen and oxygen atoms in total. The van der Waals surface area contributed by atoms with Crippen LogP contribution in [0.1, 0.15) is 11.1 Å². The van der Waals surface area contributed by atoms with E-state index in [0.717, 1.165) is 11.1 Å². The molecule has 0 atom stereocenters. The second-order valence-corrected chi connectivity index (χ2v) is 4.80. The fourth-order valence-electron chi connectivity index (χ4n) is 1.98. The highest BCUT2D eigenvalue weighted by atomic mass is 35.5. The third-order valence-electron chi connectivity index (χ3n) is 3.01. The Morgan fingerprint density at radius 2 is 2.00 bits per heavy atom. The van der Waals surface area contributed by atoms with E-state index in [1.807, 2.05) is 24.3 Å². The summed E-state index contributed by atoms with van der Waals surface area (Å²) >= 11 is 5.86. The molecule has 1 aromatic heterocycles. The highest BCUT2D eigenvalue weighted by Crippen LogP contribution is 2.32.